The molecule has 1 saturated heterocycles. The number of hydrogen-bond donors (Lipinski definition) is 3. The van der Waals surface area contributed by atoms with Crippen LogP contribution in [-0.4, -0.2) is 34.1 Å². The molecule has 3 aromatic rings. The maximum Gasteiger partial charge on any atom is 0.270 e. The number of nitro benzene ring substituents is 1. The highest BCUT2D eigenvalue weighted by atomic mass is 32.1. The standard InChI is InChI=1S/C24H24N4O5S/c29-15-19-8-10-22(33-19)16-5-4-6-17(13-16)25-24(34)26-23(30)20-14-18(28(31)32)7-9-21(20)27-11-2-1-3-12-27/h4-10,13-14,29H,1-3,11-12,15H2,(H2,25,26,30,34). The quantitative estimate of drug-likeness (QED) is 0.269. The van der Waals surface area contributed by atoms with E-state index in [1.807, 2.05) is 6.07 Å². The van der Waals surface area contributed by atoms with Crippen molar-refractivity contribution in [1.82, 2.24) is 5.32 Å². The SMILES string of the molecule is O=C(NC(=S)Nc1cccc(-c2ccc(CO)o2)c1)c1cc([N+](=O)[O-])ccc1N1CCCCC1. The normalized spacial score (nSPS) is 13.4. The van der Waals surface area contributed by atoms with Gasteiger partial charge in [-0.2, -0.15) is 0 Å². The van der Waals surface area contributed by atoms with Gasteiger partial charge in [0.2, 0.25) is 0 Å². The first kappa shape index (κ1) is 23.4. The molecule has 1 aromatic heterocycles. The summed E-state index contributed by atoms with van der Waals surface area (Å²) >= 11 is 5.33. The second-order valence-corrected chi connectivity index (χ2v) is 8.33. The minimum absolute atomic E-state index is 0.0637. The zero-order valence-corrected chi connectivity index (χ0v) is 19.1. The Kier molecular flexibility index (Phi) is 7.19. The Morgan fingerprint density at radius 3 is 2.62 bits per heavy atom. The Labute approximate surface area is 201 Å². The molecule has 0 aliphatic carbocycles. The van der Waals surface area contributed by atoms with E-state index in [-0.39, 0.29) is 23.0 Å². The molecule has 0 radical (unpaired) electrons. The molecule has 2 heterocycles. The molecule has 176 valence electrons. The largest absolute Gasteiger partial charge is 0.459 e. The first-order valence-electron chi connectivity index (χ1n) is 10.9. The third kappa shape index (κ3) is 5.41. The van der Waals surface area contributed by atoms with Crippen LogP contribution in [0.1, 0.15) is 35.4 Å². The number of piperidine rings is 1. The van der Waals surface area contributed by atoms with Gasteiger partial charge in [-0.1, -0.05) is 12.1 Å². The van der Waals surface area contributed by atoms with Crippen LogP contribution >= 0.6 is 12.2 Å². The molecular formula is C24H24N4O5S. The molecule has 9 nitrogen and oxygen atoms in total. The van der Waals surface area contributed by atoms with Crippen molar-refractivity contribution < 1.29 is 19.2 Å². The number of furan rings is 1. The highest BCUT2D eigenvalue weighted by Gasteiger charge is 2.22. The van der Waals surface area contributed by atoms with Gasteiger partial charge in [-0.05, 0) is 61.8 Å². The molecule has 4 rings (SSSR count). The lowest BCUT2D eigenvalue weighted by Crippen LogP contribution is -2.36. The van der Waals surface area contributed by atoms with Gasteiger partial charge in [0.15, 0.2) is 5.11 Å². The van der Waals surface area contributed by atoms with E-state index in [9.17, 15) is 20.0 Å². The van der Waals surface area contributed by atoms with Crippen molar-refractivity contribution in [2.45, 2.75) is 25.9 Å². The molecule has 10 heteroatoms. The van der Waals surface area contributed by atoms with Crippen LogP contribution in [0, 0.1) is 10.1 Å². The van der Waals surface area contributed by atoms with E-state index in [1.54, 1.807) is 36.4 Å². The van der Waals surface area contributed by atoms with Crippen molar-refractivity contribution >= 4 is 40.3 Å². The summed E-state index contributed by atoms with van der Waals surface area (Å²) in [7, 11) is 0. The van der Waals surface area contributed by atoms with Crippen molar-refractivity contribution in [2.24, 2.45) is 0 Å². The lowest BCUT2D eigenvalue weighted by Gasteiger charge is -2.30. The Hall–Kier alpha value is -3.76. The fraction of sp³-hybridized carbons (Fsp3) is 0.250. The molecular weight excluding hydrogens is 456 g/mol. The van der Waals surface area contributed by atoms with Gasteiger partial charge in [0.1, 0.15) is 18.1 Å². The number of amides is 1. The van der Waals surface area contributed by atoms with Crippen molar-refractivity contribution in [1.29, 1.82) is 0 Å². The summed E-state index contributed by atoms with van der Waals surface area (Å²) in [6.07, 6.45) is 3.13. The molecule has 34 heavy (non-hydrogen) atoms. The topological polar surface area (TPSA) is 121 Å². The van der Waals surface area contributed by atoms with Crippen molar-refractivity contribution in [3.8, 4) is 11.3 Å². The number of benzene rings is 2. The number of nitrogens with zero attached hydrogens (tertiary/aromatic N) is 2. The van der Waals surface area contributed by atoms with Crippen molar-refractivity contribution in [3.63, 3.8) is 0 Å². The minimum atomic E-state index is -0.518. The number of anilines is 2. The summed E-state index contributed by atoms with van der Waals surface area (Å²) in [6, 6.07) is 15.0. The summed E-state index contributed by atoms with van der Waals surface area (Å²) in [5.74, 6) is 0.527. The molecule has 0 saturated carbocycles. The van der Waals surface area contributed by atoms with E-state index < -0.39 is 10.8 Å². The van der Waals surface area contributed by atoms with Crippen LogP contribution < -0.4 is 15.5 Å². The predicted octanol–water partition coefficient (Wildman–Crippen LogP) is 4.46. The number of hydrogen-bond acceptors (Lipinski definition) is 7. The number of aliphatic hydroxyl groups excluding tert-OH is 1. The van der Waals surface area contributed by atoms with Gasteiger partial charge in [-0.25, -0.2) is 0 Å². The molecule has 0 atom stereocenters. The fourth-order valence-corrected chi connectivity index (χ4v) is 4.14. The second-order valence-electron chi connectivity index (χ2n) is 7.92. The first-order valence-corrected chi connectivity index (χ1v) is 11.3. The average Bonchev–Trinajstić information content (AvgIpc) is 3.34. The highest BCUT2D eigenvalue weighted by molar-refractivity contribution is 7.80. The van der Waals surface area contributed by atoms with E-state index in [0.29, 0.717) is 22.9 Å². The fourth-order valence-electron chi connectivity index (χ4n) is 3.93. The summed E-state index contributed by atoms with van der Waals surface area (Å²) in [5.41, 5.74) is 2.11. The number of carbonyl (C=O) groups is 1. The van der Waals surface area contributed by atoms with E-state index in [4.69, 9.17) is 16.6 Å². The van der Waals surface area contributed by atoms with Gasteiger partial charge in [-0.15, -0.1) is 0 Å². The Morgan fingerprint density at radius 2 is 1.91 bits per heavy atom. The van der Waals surface area contributed by atoms with E-state index >= 15 is 0 Å². The van der Waals surface area contributed by atoms with E-state index in [1.165, 1.54) is 12.1 Å². The lowest BCUT2D eigenvalue weighted by molar-refractivity contribution is -0.384. The third-order valence-electron chi connectivity index (χ3n) is 5.58. The second kappa shape index (κ2) is 10.4. The summed E-state index contributed by atoms with van der Waals surface area (Å²) in [6.45, 7) is 1.39. The van der Waals surface area contributed by atoms with E-state index in [2.05, 4.69) is 15.5 Å². The summed E-state index contributed by atoms with van der Waals surface area (Å²) in [4.78, 5) is 25.9. The molecule has 0 unspecified atom stereocenters. The number of rotatable bonds is 6. The zero-order chi connectivity index (χ0) is 24.1. The van der Waals surface area contributed by atoms with Crippen LogP contribution in [0.4, 0.5) is 17.1 Å². The molecule has 2 aromatic carbocycles. The van der Waals surface area contributed by atoms with Gasteiger partial charge in [0.25, 0.3) is 11.6 Å². The smallest absolute Gasteiger partial charge is 0.270 e. The van der Waals surface area contributed by atoms with Crippen molar-refractivity contribution in [2.75, 3.05) is 23.3 Å². The molecule has 0 spiro atoms. The summed E-state index contributed by atoms with van der Waals surface area (Å²) < 4.78 is 5.56. The number of nitro groups is 1. The van der Waals surface area contributed by atoms with Crippen LogP contribution in [0.2, 0.25) is 0 Å². The van der Waals surface area contributed by atoms with Gasteiger partial charge >= 0.3 is 0 Å². The molecule has 1 amide bonds. The van der Waals surface area contributed by atoms with Crippen LogP contribution in [0.25, 0.3) is 11.3 Å². The van der Waals surface area contributed by atoms with Crippen LogP contribution in [-0.2, 0) is 6.61 Å². The predicted molar refractivity (Wildman–Crippen MR) is 133 cm³/mol. The molecule has 0 bridgehead atoms. The monoisotopic (exact) mass is 480 g/mol. The Balaban J connectivity index is 1.50. The maximum atomic E-state index is 13.1. The van der Waals surface area contributed by atoms with Gasteiger partial charge < -0.3 is 19.7 Å². The number of thiocarbonyl (C=S) groups is 1. The van der Waals surface area contributed by atoms with Gasteiger partial charge in [0, 0.05) is 36.5 Å². The molecule has 1 fully saturated rings. The third-order valence-corrected chi connectivity index (χ3v) is 5.79. The van der Waals surface area contributed by atoms with Crippen LogP contribution in [0.15, 0.2) is 59.0 Å². The Bertz CT molecular complexity index is 1220. The number of carbonyl (C=O) groups excluding carboxylic acids is 1. The molecule has 3 N–H and O–H groups in total. The van der Waals surface area contributed by atoms with Crippen LogP contribution in [0.3, 0.4) is 0 Å². The molecule has 1 aliphatic rings. The lowest BCUT2D eigenvalue weighted by atomic mass is 10.1. The number of aliphatic hydroxyl groups is 1. The van der Waals surface area contributed by atoms with E-state index in [0.717, 1.165) is 37.9 Å². The van der Waals surface area contributed by atoms with Gasteiger partial charge in [-0.3, -0.25) is 20.2 Å². The van der Waals surface area contributed by atoms with Gasteiger partial charge in [0.05, 0.1) is 16.2 Å². The number of nitrogens with one attached hydrogen (secondary N) is 2. The van der Waals surface area contributed by atoms with Crippen molar-refractivity contribution in [3.05, 3.63) is 76.0 Å². The summed E-state index contributed by atoms with van der Waals surface area (Å²) in [5, 5.41) is 26.2. The number of non-ortho nitro benzene ring substituents is 1. The maximum absolute atomic E-state index is 13.1. The molecule has 1 aliphatic heterocycles. The Morgan fingerprint density at radius 1 is 1.12 bits per heavy atom. The minimum Gasteiger partial charge on any atom is -0.459 e. The average molecular weight is 481 g/mol. The zero-order valence-electron chi connectivity index (χ0n) is 18.3. The first-order chi connectivity index (χ1) is 16.4. The van der Waals surface area contributed by atoms with Crippen LogP contribution in [0.5, 0.6) is 0 Å². The highest BCUT2D eigenvalue weighted by Crippen LogP contribution is 2.28.